The molecule has 0 amide bonds. The van der Waals surface area contributed by atoms with Crippen molar-refractivity contribution in [1.29, 1.82) is 0 Å². The second kappa shape index (κ2) is 6.06. The van der Waals surface area contributed by atoms with Gasteiger partial charge >= 0.3 is 0 Å². The highest BCUT2D eigenvalue weighted by Gasteiger charge is 2.22. The second-order valence-electron chi connectivity index (χ2n) is 4.82. The van der Waals surface area contributed by atoms with Crippen LogP contribution in [0.25, 0.3) is 10.4 Å². The van der Waals surface area contributed by atoms with Gasteiger partial charge in [-0.2, -0.15) is 0 Å². The highest BCUT2D eigenvalue weighted by molar-refractivity contribution is 9.10. The largest absolute Gasteiger partial charge is 0.336 e. The lowest BCUT2D eigenvalue weighted by Crippen LogP contribution is -2.11. The Kier molecular flexibility index (Phi) is 4.26. The van der Waals surface area contributed by atoms with Gasteiger partial charge < -0.3 is 4.52 Å². The number of nitrogens with one attached hydrogen (secondary N) is 1. The van der Waals surface area contributed by atoms with E-state index in [0.29, 0.717) is 10.2 Å². The third kappa shape index (κ3) is 3.31. The number of nitrogens with zero attached hydrogens (tertiary/aromatic N) is 2. The predicted molar refractivity (Wildman–Crippen MR) is 92.0 cm³/mol. The maximum atomic E-state index is 12.4. The lowest BCUT2D eigenvalue weighted by atomic mass is 10.2. The van der Waals surface area contributed by atoms with E-state index in [-0.39, 0.29) is 10.1 Å². The van der Waals surface area contributed by atoms with Crippen molar-refractivity contribution in [2.24, 2.45) is 0 Å². The molecular weight excluding hydrogens is 402 g/mol. The first-order valence-electron chi connectivity index (χ1n) is 6.54. The molecule has 120 valence electrons. The minimum atomic E-state index is -3.73. The van der Waals surface area contributed by atoms with Gasteiger partial charge in [-0.25, -0.2) is 13.1 Å². The van der Waals surface area contributed by atoms with E-state index in [0.717, 1.165) is 27.5 Å². The maximum Gasteiger partial charge on any atom is 0.273 e. The predicted octanol–water partition coefficient (Wildman–Crippen LogP) is 3.98. The van der Waals surface area contributed by atoms with Crippen molar-refractivity contribution in [3.8, 4) is 10.4 Å². The third-order valence-electron chi connectivity index (χ3n) is 3.06. The summed E-state index contributed by atoms with van der Waals surface area (Å²) in [5, 5.41) is 3.70. The van der Waals surface area contributed by atoms with Crippen LogP contribution in [-0.4, -0.2) is 18.6 Å². The monoisotopic (exact) mass is 413 g/mol. The van der Waals surface area contributed by atoms with Gasteiger partial charge in [0.2, 0.25) is 0 Å². The zero-order chi connectivity index (χ0) is 16.6. The van der Waals surface area contributed by atoms with Crippen molar-refractivity contribution in [3.05, 3.63) is 46.3 Å². The summed E-state index contributed by atoms with van der Waals surface area (Å²) in [6.45, 7) is 3.61. The number of anilines is 1. The van der Waals surface area contributed by atoms with E-state index in [9.17, 15) is 8.42 Å². The molecule has 0 fully saturated rings. The number of halogens is 1. The molecule has 0 aliphatic carbocycles. The summed E-state index contributed by atoms with van der Waals surface area (Å²) in [5.74, 6) is 0.0643. The average molecular weight is 414 g/mol. The summed E-state index contributed by atoms with van der Waals surface area (Å²) in [6.07, 6.45) is 1.72. The molecule has 3 aromatic rings. The van der Waals surface area contributed by atoms with Crippen LogP contribution in [0.1, 0.15) is 11.4 Å². The molecule has 3 aromatic heterocycles. The van der Waals surface area contributed by atoms with Crippen molar-refractivity contribution < 1.29 is 12.9 Å². The number of hydrogen-bond acceptors (Lipinski definition) is 6. The van der Waals surface area contributed by atoms with Crippen molar-refractivity contribution in [3.63, 3.8) is 0 Å². The molecule has 3 rings (SSSR count). The van der Waals surface area contributed by atoms with E-state index in [1.54, 1.807) is 25.3 Å². The molecular formula is C14H12BrN3O3S2. The summed E-state index contributed by atoms with van der Waals surface area (Å²) < 4.78 is 32.9. The van der Waals surface area contributed by atoms with Crippen LogP contribution in [-0.2, 0) is 10.0 Å². The summed E-state index contributed by atoms with van der Waals surface area (Å²) in [5.41, 5.74) is 2.35. The zero-order valence-corrected chi connectivity index (χ0v) is 15.4. The Balaban J connectivity index is 1.89. The molecule has 0 saturated heterocycles. The van der Waals surface area contributed by atoms with Gasteiger partial charge in [-0.3, -0.25) is 4.98 Å². The van der Waals surface area contributed by atoms with Crippen molar-refractivity contribution >= 4 is 43.2 Å². The van der Waals surface area contributed by atoms with Gasteiger partial charge in [-0.15, -0.1) is 11.3 Å². The van der Waals surface area contributed by atoms with Crippen LogP contribution in [0.5, 0.6) is 0 Å². The summed E-state index contributed by atoms with van der Waals surface area (Å²) in [4.78, 5) is 5.05. The first-order chi connectivity index (χ1) is 10.9. The van der Waals surface area contributed by atoms with E-state index in [1.165, 1.54) is 0 Å². The van der Waals surface area contributed by atoms with Crippen LogP contribution in [0.2, 0.25) is 0 Å². The molecule has 0 bridgehead atoms. The fraction of sp³-hybridized carbons (Fsp3) is 0.143. The molecule has 0 aromatic carbocycles. The highest BCUT2D eigenvalue weighted by Crippen LogP contribution is 2.33. The number of pyridine rings is 1. The number of thiophene rings is 1. The van der Waals surface area contributed by atoms with Crippen LogP contribution in [0.4, 0.5) is 5.88 Å². The molecule has 0 aliphatic heterocycles. The Morgan fingerprint density at radius 1 is 1.22 bits per heavy atom. The SMILES string of the molecule is Cc1ccc(-c2ccc(S(=O)(=O)Nc3onc(C)c3Br)s2)cn1. The van der Waals surface area contributed by atoms with Crippen molar-refractivity contribution in [2.75, 3.05) is 4.72 Å². The van der Waals surface area contributed by atoms with Crippen LogP contribution in [0.3, 0.4) is 0 Å². The topological polar surface area (TPSA) is 85.1 Å². The van der Waals surface area contributed by atoms with Gasteiger partial charge in [0.1, 0.15) is 8.68 Å². The van der Waals surface area contributed by atoms with E-state index in [2.05, 4.69) is 30.8 Å². The summed E-state index contributed by atoms with van der Waals surface area (Å²) in [6, 6.07) is 7.11. The molecule has 0 radical (unpaired) electrons. The molecule has 3 heterocycles. The number of aryl methyl sites for hydroxylation is 2. The number of hydrogen-bond donors (Lipinski definition) is 1. The van der Waals surface area contributed by atoms with Crippen LogP contribution >= 0.6 is 27.3 Å². The Hall–Kier alpha value is -1.71. The van der Waals surface area contributed by atoms with E-state index < -0.39 is 10.0 Å². The normalized spacial score (nSPS) is 11.6. The van der Waals surface area contributed by atoms with Gasteiger partial charge in [0.15, 0.2) is 0 Å². The lowest BCUT2D eigenvalue weighted by Gasteiger charge is -2.02. The molecule has 0 saturated carbocycles. The smallest absolute Gasteiger partial charge is 0.273 e. The van der Waals surface area contributed by atoms with Gasteiger partial charge in [-0.05, 0) is 48.0 Å². The standard InChI is InChI=1S/C14H12BrN3O3S2/c1-8-3-4-10(7-16-8)11-5-6-12(22-11)23(19,20)18-14-13(15)9(2)17-21-14/h3-7,18H,1-2H3. The molecule has 0 unspecified atom stereocenters. The van der Waals surface area contributed by atoms with Crippen LogP contribution in [0, 0.1) is 13.8 Å². The maximum absolute atomic E-state index is 12.4. The number of sulfonamides is 1. The zero-order valence-electron chi connectivity index (χ0n) is 12.2. The quantitative estimate of drug-likeness (QED) is 0.698. The molecule has 0 aliphatic rings. The average Bonchev–Trinajstić information content (AvgIpc) is 3.11. The Labute approximate surface area is 145 Å². The van der Waals surface area contributed by atoms with Crippen LogP contribution in [0.15, 0.2) is 43.7 Å². The summed E-state index contributed by atoms with van der Waals surface area (Å²) in [7, 11) is -3.73. The van der Waals surface area contributed by atoms with Crippen molar-refractivity contribution in [1.82, 2.24) is 10.1 Å². The van der Waals surface area contributed by atoms with Crippen LogP contribution < -0.4 is 4.72 Å². The Bertz CT molecular complexity index is 946. The first-order valence-corrected chi connectivity index (χ1v) is 9.63. The molecule has 23 heavy (non-hydrogen) atoms. The van der Waals surface area contributed by atoms with Gasteiger partial charge in [0.05, 0.1) is 5.69 Å². The molecule has 0 atom stereocenters. The fourth-order valence-corrected chi connectivity index (χ4v) is 4.49. The fourth-order valence-electron chi connectivity index (χ4n) is 1.83. The van der Waals surface area contributed by atoms with E-state index in [1.807, 2.05) is 19.1 Å². The van der Waals surface area contributed by atoms with Gasteiger partial charge in [-0.1, -0.05) is 11.2 Å². The van der Waals surface area contributed by atoms with E-state index >= 15 is 0 Å². The Morgan fingerprint density at radius 3 is 2.61 bits per heavy atom. The number of rotatable bonds is 4. The summed E-state index contributed by atoms with van der Waals surface area (Å²) >= 11 is 4.40. The van der Waals surface area contributed by atoms with Gasteiger partial charge in [0, 0.05) is 22.3 Å². The Morgan fingerprint density at radius 2 is 2.00 bits per heavy atom. The molecule has 1 N–H and O–H groups in total. The van der Waals surface area contributed by atoms with Crippen molar-refractivity contribution in [2.45, 2.75) is 18.1 Å². The lowest BCUT2D eigenvalue weighted by molar-refractivity contribution is 0.430. The number of aromatic nitrogens is 2. The molecule has 6 nitrogen and oxygen atoms in total. The van der Waals surface area contributed by atoms with E-state index in [4.69, 9.17) is 4.52 Å². The minimum Gasteiger partial charge on any atom is -0.336 e. The first kappa shape index (κ1) is 16.2. The minimum absolute atomic E-state index is 0.0643. The second-order valence-corrected chi connectivity index (χ2v) is 8.61. The van der Waals surface area contributed by atoms with Gasteiger partial charge in [0.25, 0.3) is 15.9 Å². The molecule has 0 spiro atoms. The third-order valence-corrected chi connectivity index (χ3v) is 6.95. The highest BCUT2D eigenvalue weighted by atomic mass is 79.9. The molecule has 9 heteroatoms.